The first-order valence-electron chi connectivity index (χ1n) is 10.7. The average Bonchev–Trinajstić information content (AvgIpc) is 3.32. The van der Waals surface area contributed by atoms with Crippen LogP contribution in [0, 0.1) is 0 Å². The van der Waals surface area contributed by atoms with E-state index in [0.717, 1.165) is 57.8 Å². The van der Waals surface area contributed by atoms with E-state index in [1.165, 1.54) is 16.8 Å². The summed E-state index contributed by atoms with van der Waals surface area (Å²) in [5, 5.41) is 4.82. The molecule has 0 bridgehead atoms. The van der Waals surface area contributed by atoms with Crippen LogP contribution in [0.3, 0.4) is 0 Å². The average molecular weight is 391 g/mol. The van der Waals surface area contributed by atoms with Gasteiger partial charge in [-0.2, -0.15) is 4.99 Å². The van der Waals surface area contributed by atoms with Crippen LogP contribution in [0.15, 0.2) is 58.6 Å². The Kier molecular flexibility index (Phi) is 5.27. The number of quaternary nitrogens is 1. The smallest absolute Gasteiger partial charge is 0.229 e. The van der Waals surface area contributed by atoms with E-state index in [0.29, 0.717) is 16.4 Å². The van der Waals surface area contributed by atoms with Crippen molar-refractivity contribution in [3.05, 3.63) is 59.7 Å². The maximum atomic E-state index is 5.62. The fraction of sp³-hybridized carbons (Fsp3) is 0.417. The summed E-state index contributed by atoms with van der Waals surface area (Å²) in [5.41, 5.74) is 5.10. The van der Waals surface area contributed by atoms with Crippen LogP contribution in [0.2, 0.25) is 0 Å². The number of ether oxygens (including phenoxy) is 2. The van der Waals surface area contributed by atoms with Crippen LogP contribution in [0.5, 0.6) is 0 Å². The zero-order valence-electron chi connectivity index (χ0n) is 16.7. The quantitative estimate of drug-likeness (QED) is 0.682. The molecule has 150 valence electrons. The van der Waals surface area contributed by atoms with Crippen LogP contribution >= 0.6 is 0 Å². The zero-order valence-corrected chi connectivity index (χ0v) is 16.7. The van der Waals surface area contributed by atoms with Gasteiger partial charge in [0.2, 0.25) is 6.34 Å². The van der Waals surface area contributed by atoms with Crippen LogP contribution in [0.25, 0.3) is 0 Å². The fourth-order valence-electron chi connectivity index (χ4n) is 4.73. The molecule has 0 saturated carbocycles. The van der Waals surface area contributed by atoms with Crippen LogP contribution in [0.1, 0.15) is 48.6 Å². The van der Waals surface area contributed by atoms with E-state index < -0.39 is 0 Å². The Morgan fingerprint density at radius 1 is 0.724 bits per heavy atom. The molecule has 1 unspecified atom stereocenters. The lowest BCUT2D eigenvalue weighted by molar-refractivity contribution is 0.0841. The summed E-state index contributed by atoms with van der Waals surface area (Å²) < 4.78 is 11.5. The Labute approximate surface area is 172 Å². The molecule has 0 aromatic heterocycles. The number of rotatable bonds is 4. The Morgan fingerprint density at radius 2 is 1.31 bits per heavy atom. The lowest BCUT2D eigenvalue weighted by Crippen LogP contribution is -2.35. The monoisotopic (exact) mass is 390 g/mol. The molecule has 0 radical (unpaired) electrons. The summed E-state index contributed by atoms with van der Waals surface area (Å²) in [4.78, 5) is 4.39. The number of aliphatic imine (C=N–C) groups is 1. The molecule has 3 heterocycles. The number of nitrogens with zero attached hydrogens (tertiary/aromatic N) is 3. The molecule has 3 aliphatic rings. The molecule has 1 atom stereocenters. The minimum absolute atomic E-state index is 0.300. The Morgan fingerprint density at radius 3 is 1.83 bits per heavy atom. The summed E-state index contributed by atoms with van der Waals surface area (Å²) >= 11 is 0. The van der Waals surface area contributed by atoms with Crippen LogP contribution in [-0.4, -0.2) is 39.1 Å². The van der Waals surface area contributed by atoms with Gasteiger partial charge in [0.15, 0.2) is 17.7 Å². The molecule has 0 aliphatic carbocycles. The summed E-state index contributed by atoms with van der Waals surface area (Å²) in [6, 6.07) is 17.6. The standard InChI is InChI=1S/C24H28N3O2/c1-2-4-23(5-3-1)27(18-25-17-26-27)24-15-21(19-6-10-28-11-7-19)14-22(16-24)20-8-12-29-13-9-20/h1-5,14-20H,6-13H2/q+1. The third-order valence-corrected chi connectivity index (χ3v) is 6.43. The van der Waals surface area contributed by atoms with Crippen LogP contribution in [0.4, 0.5) is 11.4 Å². The van der Waals surface area contributed by atoms with E-state index in [2.05, 4.69) is 47.5 Å². The van der Waals surface area contributed by atoms with Crippen molar-refractivity contribution in [3.8, 4) is 0 Å². The minimum Gasteiger partial charge on any atom is -0.381 e. The highest BCUT2D eigenvalue weighted by molar-refractivity contribution is 5.92. The molecule has 5 heteroatoms. The number of hydrogen-bond acceptors (Lipinski definition) is 4. The highest BCUT2D eigenvalue weighted by atomic mass is 16.5. The minimum atomic E-state index is 0.300. The summed E-state index contributed by atoms with van der Waals surface area (Å²) in [6.45, 7) is 3.39. The van der Waals surface area contributed by atoms with E-state index in [1.807, 2.05) is 12.4 Å². The number of benzene rings is 2. The molecule has 29 heavy (non-hydrogen) atoms. The summed E-state index contributed by atoms with van der Waals surface area (Å²) in [7, 11) is 0. The molecular formula is C24H28N3O2+. The maximum absolute atomic E-state index is 5.62. The van der Waals surface area contributed by atoms with Crippen molar-refractivity contribution in [1.82, 2.24) is 4.59 Å². The van der Waals surface area contributed by atoms with E-state index >= 15 is 0 Å². The van der Waals surface area contributed by atoms with Gasteiger partial charge in [-0.15, -0.1) is 0 Å². The normalized spacial score (nSPS) is 25.5. The Bertz CT molecular complexity index is 849. The van der Waals surface area contributed by atoms with Gasteiger partial charge in [0.25, 0.3) is 0 Å². The number of para-hydroxylation sites is 1. The van der Waals surface area contributed by atoms with Gasteiger partial charge in [-0.05, 0) is 48.6 Å². The summed E-state index contributed by atoms with van der Waals surface area (Å²) in [5.74, 6) is 1.09. The molecule has 2 saturated heterocycles. The van der Waals surface area contributed by atoms with Crippen LogP contribution < -0.4 is 4.59 Å². The molecule has 2 fully saturated rings. The van der Waals surface area contributed by atoms with Gasteiger partial charge < -0.3 is 9.47 Å². The first kappa shape index (κ1) is 18.7. The molecule has 0 N–H and O–H groups in total. The zero-order chi connectivity index (χ0) is 19.5. The van der Waals surface area contributed by atoms with Crippen molar-refractivity contribution < 1.29 is 9.47 Å². The van der Waals surface area contributed by atoms with Crippen molar-refractivity contribution in [2.45, 2.75) is 37.5 Å². The second kappa shape index (κ2) is 8.19. The molecular weight excluding hydrogens is 362 g/mol. The van der Waals surface area contributed by atoms with Crippen molar-refractivity contribution in [2.75, 3.05) is 26.4 Å². The second-order valence-electron chi connectivity index (χ2n) is 8.15. The lowest BCUT2D eigenvalue weighted by atomic mass is 9.85. The maximum Gasteiger partial charge on any atom is 0.229 e. The predicted molar refractivity (Wildman–Crippen MR) is 117 cm³/mol. The topological polar surface area (TPSA) is 43.2 Å². The second-order valence-corrected chi connectivity index (χ2v) is 8.15. The molecule has 5 nitrogen and oxygen atoms in total. The van der Waals surface area contributed by atoms with Gasteiger partial charge in [0.05, 0.1) is 0 Å². The fourth-order valence-corrected chi connectivity index (χ4v) is 4.73. The highest BCUT2D eigenvalue weighted by Gasteiger charge is 2.37. The van der Waals surface area contributed by atoms with E-state index in [4.69, 9.17) is 14.6 Å². The third-order valence-electron chi connectivity index (χ3n) is 6.43. The van der Waals surface area contributed by atoms with Gasteiger partial charge in [-0.3, -0.25) is 0 Å². The Hall–Kier alpha value is -2.34. The van der Waals surface area contributed by atoms with E-state index in [1.54, 1.807) is 6.34 Å². The summed E-state index contributed by atoms with van der Waals surface area (Å²) in [6.07, 6.45) is 7.94. The molecule has 2 aromatic rings. The van der Waals surface area contributed by atoms with Gasteiger partial charge in [-0.25, -0.2) is 0 Å². The van der Waals surface area contributed by atoms with Gasteiger partial charge in [0.1, 0.15) is 0 Å². The first-order chi connectivity index (χ1) is 14.4. The van der Waals surface area contributed by atoms with Crippen molar-refractivity contribution in [2.24, 2.45) is 10.1 Å². The Balaban J connectivity index is 1.62. The van der Waals surface area contributed by atoms with Crippen molar-refractivity contribution >= 4 is 24.1 Å². The largest absolute Gasteiger partial charge is 0.381 e. The molecule has 0 spiro atoms. The number of hydrogen-bond donors (Lipinski definition) is 0. The lowest BCUT2D eigenvalue weighted by Gasteiger charge is -2.29. The van der Waals surface area contributed by atoms with Gasteiger partial charge in [-0.1, -0.05) is 34.0 Å². The molecule has 2 aromatic carbocycles. The van der Waals surface area contributed by atoms with Crippen molar-refractivity contribution in [3.63, 3.8) is 0 Å². The predicted octanol–water partition coefficient (Wildman–Crippen LogP) is 5.10. The molecule has 0 amide bonds. The SMILES string of the molecule is C1=NC=N[N+]1(c1ccccc1)c1cc(C2CCOCC2)cc(C2CCOCC2)c1. The van der Waals surface area contributed by atoms with Crippen molar-refractivity contribution in [1.29, 1.82) is 0 Å². The highest BCUT2D eigenvalue weighted by Crippen LogP contribution is 2.41. The molecule has 5 rings (SSSR count). The van der Waals surface area contributed by atoms with E-state index in [9.17, 15) is 0 Å². The first-order valence-corrected chi connectivity index (χ1v) is 10.7. The third kappa shape index (κ3) is 3.66. The van der Waals surface area contributed by atoms with E-state index in [-0.39, 0.29) is 0 Å². The molecule has 3 aliphatic heterocycles. The van der Waals surface area contributed by atoms with Gasteiger partial charge in [0, 0.05) is 50.7 Å². The van der Waals surface area contributed by atoms with Gasteiger partial charge >= 0.3 is 0 Å². The van der Waals surface area contributed by atoms with Crippen LogP contribution in [-0.2, 0) is 9.47 Å².